The van der Waals surface area contributed by atoms with Gasteiger partial charge in [-0.15, -0.1) is 0 Å². The molecule has 14 heavy (non-hydrogen) atoms. The first-order valence-electron chi connectivity index (χ1n) is 5.05. The van der Waals surface area contributed by atoms with E-state index in [4.69, 9.17) is 0 Å². The van der Waals surface area contributed by atoms with Crippen LogP contribution in [0.2, 0.25) is 0 Å². The van der Waals surface area contributed by atoms with Crippen LogP contribution >= 0.6 is 0 Å². The quantitative estimate of drug-likeness (QED) is 0.668. The number of amidine groups is 1. The van der Waals surface area contributed by atoms with E-state index in [1.165, 1.54) is 5.57 Å². The van der Waals surface area contributed by atoms with Gasteiger partial charge in [0.15, 0.2) is 0 Å². The van der Waals surface area contributed by atoms with Gasteiger partial charge < -0.3 is 5.32 Å². The minimum Gasteiger partial charge on any atom is -0.344 e. The summed E-state index contributed by atoms with van der Waals surface area (Å²) in [5.74, 6) is 1.09. The smallest absolute Gasteiger partial charge is 0.101 e. The molecule has 0 radical (unpaired) electrons. The van der Waals surface area contributed by atoms with Crippen molar-refractivity contribution in [3.63, 3.8) is 0 Å². The van der Waals surface area contributed by atoms with Gasteiger partial charge in [0.25, 0.3) is 0 Å². The molecule has 2 nitrogen and oxygen atoms in total. The molecular weight excluding hydrogens is 172 g/mol. The molecule has 0 atom stereocenters. The molecule has 1 rings (SSSR count). The Balaban J connectivity index is 2.64. The van der Waals surface area contributed by atoms with Crippen molar-refractivity contribution in [2.24, 2.45) is 10.4 Å². The predicted octanol–water partition coefficient (Wildman–Crippen LogP) is 2.88. The van der Waals surface area contributed by atoms with Crippen molar-refractivity contribution in [3.05, 3.63) is 23.9 Å². The van der Waals surface area contributed by atoms with Crippen LogP contribution in [-0.2, 0) is 0 Å². The second kappa shape index (κ2) is 3.99. The maximum atomic E-state index is 4.48. The van der Waals surface area contributed by atoms with Crippen molar-refractivity contribution < 1.29 is 0 Å². The fourth-order valence-electron chi connectivity index (χ4n) is 1.49. The Hall–Kier alpha value is -1.05. The first-order chi connectivity index (χ1) is 6.44. The lowest BCUT2D eigenvalue weighted by Gasteiger charge is -2.15. The molecule has 0 spiro atoms. The van der Waals surface area contributed by atoms with Crippen LogP contribution in [0.3, 0.4) is 0 Å². The Kier molecular flexibility index (Phi) is 3.14. The van der Waals surface area contributed by atoms with Gasteiger partial charge in [-0.1, -0.05) is 26.0 Å². The molecule has 0 saturated carbocycles. The van der Waals surface area contributed by atoms with E-state index in [-0.39, 0.29) is 0 Å². The van der Waals surface area contributed by atoms with E-state index in [9.17, 15) is 0 Å². The zero-order valence-corrected chi connectivity index (χ0v) is 9.65. The highest BCUT2D eigenvalue weighted by molar-refractivity contribution is 5.86. The third-order valence-electron chi connectivity index (χ3n) is 2.37. The van der Waals surface area contributed by atoms with E-state index in [1.807, 2.05) is 6.08 Å². The van der Waals surface area contributed by atoms with Gasteiger partial charge in [0.2, 0.25) is 0 Å². The van der Waals surface area contributed by atoms with Gasteiger partial charge in [0.1, 0.15) is 5.84 Å². The van der Waals surface area contributed by atoms with Gasteiger partial charge >= 0.3 is 0 Å². The fourth-order valence-corrected chi connectivity index (χ4v) is 1.49. The van der Waals surface area contributed by atoms with Crippen LogP contribution in [0.1, 0.15) is 34.1 Å². The van der Waals surface area contributed by atoms with Crippen LogP contribution in [0.15, 0.2) is 28.9 Å². The molecule has 0 saturated heterocycles. The van der Waals surface area contributed by atoms with Gasteiger partial charge in [-0.05, 0) is 25.3 Å². The highest BCUT2D eigenvalue weighted by Crippen LogP contribution is 2.26. The van der Waals surface area contributed by atoms with Gasteiger partial charge in [0.05, 0.1) is 0 Å². The number of rotatable bonds is 2. The summed E-state index contributed by atoms with van der Waals surface area (Å²) in [6, 6.07) is 0. The Morgan fingerprint density at radius 1 is 1.50 bits per heavy atom. The number of allylic oxidation sites excluding steroid dienone is 2. The lowest BCUT2D eigenvalue weighted by Crippen LogP contribution is -2.23. The largest absolute Gasteiger partial charge is 0.344 e. The molecule has 0 aliphatic carbocycles. The van der Waals surface area contributed by atoms with Crippen molar-refractivity contribution in [1.29, 1.82) is 0 Å². The standard InChI is InChI=1S/C12H20N2/c1-6-10(9(2)3)14-11-7-12(4,5)8-13-11/h6H,1,7-8H2,2-5H3,(H,13,14). The Labute approximate surface area is 86.8 Å². The molecule has 0 aromatic carbocycles. The van der Waals surface area contributed by atoms with Crippen LogP contribution in [-0.4, -0.2) is 12.4 Å². The molecule has 0 aromatic rings. The minimum absolute atomic E-state index is 0.316. The van der Waals surface area contributed by atoms with Crippen LogP contribution in [0.4, 0.5) is 0 Å². The van der Waals surface area contributed by atoms with Crippen LogP contribution in [0.5, 0.6) is 0 Å². The number of hydrogen-bond acceptors (Lipinski definition) is 2. The normalized spacial score (nSPS) is 18.7. The summed E-state index contributed by atoms with van der Waals surface area (Å²) in [6.07, 6.45) is 2.88. The minimum atomic E-state index is 0.316. The molecule has 1 heterocycles. The Morgan fingerprint density at radius 2 is 2.14 bits per heavy atom. The summed E-state index contributed by atoms with van der Waals surface area (Å²) in [5.41, 5.74) is 2.64. The topological polar surface area (TPSA) is 24.4 Å². The summed E-state index contributed by atoms with van der Waals surface area (Å²) < 4.78 is 0. The second-order valence-corrected chi connectivity index (χ2v) is 4.85. The van der Waals surface area contributed by atoms with Gasteiger partial charge in [-0.3, -0.25) is 4.99 Å². The lowest BCUT2D eigenvalue weighted by molar-refractivity contribution is 0.422. The summed E-state index contributed by atoms with van der Waals surface area (Å²) in [5, 5.41) is 3.33. The Bertz CT molecular complexity index is 291. The molecule has 0 amide bonds. The van der Waals surface area contributed by atoms with Gasteiger partial charge in [-0.2, -0.15) is 0 Å². The molecule has 1 N–H and O–H groups in total. The van der Waals surface area contributed by atoms with Gasteiger partial charge in [-0.25, -0.2) is 0 Å². The summed E-state index contributed by atoms with van der Waals surface area (Å²) in [6.45, 7) is 13.3. The van der Waals surface area contributed by atoms with Crippen molar-refractivity contribution in [2.45, 2.75) is 34.1 Å². The molecule has 0 fully saturated rings. The highest BCUT2D eigenvalue weighted by atomic mass is 15.0. The first-order valence-corrected chi connectivity index (χ1v) is 5.05. The first kappa shape index (κ1) is 11.0. The van der Waals surface area contributed by atoms with Crippen LogP contribution < -0.4 is 5.32 Å². The number of nitrogens with zero attached hydrogens (tertiary/aromatic N) is 1. The third-order valence-corrected chi connectivity index (χ3v) is 2.37. The summed E-state index contributed by atoms with van der Waals surface area (Å²) >= 11 is 0. The number of hydrogen-bond donors (Lipinski definition) is 1. The monoisotopic (exact) mass is 192 g/mol. The zero-order chi connectivity index (χ0) is 10.8. The third kappa shape index (κ3) is 2.72. The van der Waals surface area contributed by atoms with Gasteiger partial charge in [0, 0.05) is 18.7 Å². The van der Waals surface area contributed by atoms with E-state index in [2.05, 4.69) is 44.6 Å². The van der Waals surface area contributed by atoms with E-state index in [1.54, 1.807) is 0 Å². The molecule has 2 heteroatoms. The second-order valence-electron chi connectivity index (χ2n) is 4.85. The fraction of sp³-hybridized carbons (Fsp3) is 0.583. The lowest BCUT2D eigenvalue weighted by atomic mass is 9.92. The molecule has 0 aromatic heterocycles. The van der Waals surface area contributed by atoms with Crippen LogP contribution in [0.25, 0.3) is 0 Å². The average molecular weight is 192 g/mol. The Morgan fingerprint density at radius 3 is 2.50 bits per heavy atom. The average Bonchev–Trinajstić information content (AvgIpc) is 2.41. The maximum Gasteiger partial charge on any atom is 0.101 e. The molecule has 1 aliphatic heterocycles. The van der Waals surface area contributed by atoms with Crippen LogP contribution in [0, 0.1) is 5.41 Å². The highest BCUT2D eigenvalue weighted by Gasteiger charge is 2.26. The predicted molar refractivity (Wildman–Crippen MR) is 62.4 cm³/mol. The number of aliphatic imine (C=N–C) groups is 1. The molecule has 1 aliphatic rings. The SMILES string of the molecule is C=CC(NC1=NCC(C)(C)C1)=C(C)C. The van der Waals surface area contributed by atoms with E-state index >= 15 is 0 Å². The zero-order valence-electron chi connectivity index (χ0n) is 9.65. The molecule has 0 bridgehead atoms. The molecular formula is C12H20N2. The molecule has 78 valence electrons. The van der Waals surface area contributed by atoms with Crippen molar-refractivity contribution in [2.75, 3.05) is 6.54 Å². The summed E-state index contributed by atoms with van der Waals surface area (Å²) in [4.78, 5) is 4.48. The summed E-state index contributed by atoms with van der Waals surface area (Å²) in [7, 11) is 0. The van der Waals surface area contributed by atoms with E-state index in [0.717, 1.165) is 24.5 Å². The number of nitrogens with one attached hydrogen (secondary N) is 1. The van der Waals surface area contributed by atoms with E-state index < -0.39 is 0 Å². The van der Waals surface area contributed by atoms with Crippen molar-refractivity contribution in [3.8, 4) is 0 Å². The molecule has 0 unspecified atom stereocenters. The van der Waals surface area contributed by atoms with Crippen molar-refractivity contribution in [1.82, 2.24) is 5.32 Å². The van der Waals surface area contributed by atoms with Crippen molar-refractivity contribution >= 4 is 5.84 Å². The maximum absolute atomic E-state index is 4.48. The van der Waals surface area contributed by atoms with E-state index in [0.29, 0.717) is 5.41 Å².